The fourth-order valence-electron chi connectivity index (χ4n) is 1.99. The molecule has 0 aliphatic carbocycles. The highest BCUT2D eigenvalue weighted by atomic mass is 16.5. The van der Waals surface area contributed by atoms with Gasteiger partial charge < -0.3 is 9.47 Å². The molecule has 0 N–H and O–H groups in total. The molecule has 3 heteroatoms. The quantitative estimate of drug-likeness (QED) is 0.678. The normalized spacial score (nSPS) is 20.7. The summed E-state index contributed by atoms with van der Waals surface area (Å²) in [5.74, 6) is 0.620. The van der Waals surface area contributed by atoms with Crippen molar-refractivity contribution in [1.29, 1.82) is 0 Å². The van der Waals surface area contributed by atoms with E-state index in [0.717, 1.165) is 32.5 Å². The zero-order valence-corrected chi connectivity index (χ0v) is 9.12. The van der Waals surface area contributed by atoms with Crippen LogP contribution in [0.25, 0.3) is 0 Å². The second-order valence-corrected chi connectivity index (χ2v) is 3.82. The van der Waals surface area contributed by atoms with Gasteiger partial charge in [-0.3, -0.25) is 4.79 Å². The molecular weight excluding hydrogens is 180 g/mol. The first kappa shape index (κ1) is 11.7. The Hall–Kier alpha value is -0.410. The minimum absolute atomic E-state index is 0.196. The summed E-state index contributed by atoms with van der Waals surface area (Å²) in [4.78, 5) is 11.7. The van der Waals surface area contributed by atoms with Crippen molar-refractivity contribution in [2.45, 2.75) is 38.7 Å². The van der Waals surface area contributed by atoms with E-state index in [4.69, 9.17) is 9.47 Å². The molecule has 0 aromatic carbocycles. The molecule has 1 aliphatic heterocycles. The van der Waals surface area contributed by atoms with Gasteiger partial charge in [-0.1, -0.05) is 6.92 Å². The topological polar surface area (TPSA) is 35.5 Å². The van der Waals surface area contributed by atoms with E-state index in [1.807, 2.05) is 6.92 Å². The van der Waals surface area contributed by atoms with Gasteiger partial charge in [-0.25, -0.2) is 0 Å². The Balaban J connectivity index is 2.46. The van der Waals surface area contributed by atoms with Crippen molar-refractivity contribution >= 4 is 5.78 Å². The first-order chi connectivity index (χ1) is 6.79. The lowest BCUT2D eigenvalue weighted by atomic mass is 9.90. The molecule has 0 bridgehead atoms. The standard InChI is InChI=1S/C11H20O3/c1-3-4-10(12)11(13-2)9-5-7-14-8-6-9/h9,11H,3-8H2,1-2H3. The van der Waals surface area contributed by atoms with Crippen molar-refractivity contribution in [3.63, 3.8) is 0 Å². The number of hydrogen-bond donors (Lipinski definition) is 0. The summed E-state index contributed by atoms with van der Waals surface area (Å²) >= 11 is 0. The van der Waals surface area contributed by atoms with Crippen LogP contribution in [-0.2, 0) is 14.3 Å². The first-order valence-corrected chi connectivity index (χ1v) is 5.42. The lowest BCUT2D eigenvalue weighted by Gasteiger charge is -2.28. The van der Waals surface area contributed by atoms with Gasteiger partial charge in [-0.05, 0) is 25.2 Å². The molecule has 1 atom stereocenters. The minimum Gasteiger partial charge on any atom is -0.381 e. The van der Waals surface area contributed by atoms with Gasteiger partial charge in [0.15, 0.2) is 5.78 Å². The van der Waals surface area contributed by atoms with E-state index in [0.29, 0.717) is 12.3 Å². The molecule has 1 rings (SSSR count). The number of rotatable bonds is 5. The number of carbonyl (C=O) groups is 1. The average molecular weight is 200 g/mol. The van der Waals surface area contributed by atoms with E-state index in [1.54, 1.807) is 7.11 Å². The maximum Gasteiger partial charge on any atom is 0.161 e. The highest BCUT2D eigenvalue weighted by molar-refractivity contribution is 5.83. The summed E-state index contributed by atoms with van der Waals surface area (Å²) in [6.07, 6.45) is 3.25. The second-order valence-electron chi connectivity index (χ2n) is 3.82. The second kappa shape index (κ2) is 6.14. The van der Waals surface area contributed by atoms with Crippen LogP contribution in [0.2, 0.25) is 0 Å². The number of carbonyl (C=O) groups excluding carboxylic acids is 1. The molecule has 0 aromatic rings. The van der Waals surface area contributed by atoms with Crippen LogP contribution in [0, 0.1) is 5.92 Å². The van der Waals surface area contributed by atoms with E-state index >= 15 is 0 Å². The maximum atomic E-state index is 11.7. The zero-order chi connectivity index (χ0) is 10.4. The van der Waals surface area contributed by atoms with Crippen molar-refractivity contribution in [2.24, 2.45) is 5.92 Å². The van der Waals surface area contributed by atoms with Gasteiger partial charge in [0.2, 0.25) is 0 Å². The van der Waals surface area contributed by atoms with E-state index in [9.17, 15) is 4.79 Å². The molecule has 0 spiro atoms. The van der Waals surface area contributed by atoms with Crippen LogP contribution in [0.15, 0.2) is 0 Å². The highest BCUT2D eigenvalue weighted by Gasteiger charge is 2.28. The van der Waals surface area contributed by atoms with Gasteiger partial charge in [0.1, 0.15) is 6.10 Å². The van der Waals surface area contributed by atoms with Crippen LogP contribution in [0.3, 0.4) is 0 Å². The molecule has 1 aliphatic rings. The lowest BCUT2D eigenvalue weighted by Crippen LogP contribution is -2.35. The summed E-state index contributed by atoms with van der Waals surface area (Å²) < 4.78 is 10.6. The molecule has 0 saturated carbocycles. The Morgan fingerprint density at radius 2 is 2.14 bits per heavy atom. The minimum atomic E-state index is -0.196. The molecule has 0 amide bonds. The molecule has 14 heavy (non-hydrogen) atoms. The van der Waals surface area contributed by atoms with Gasteiger partial charge in [0.05, 0.1) is 0 Å². The average Bonchev–Trinajstić information content (AvgIpc) is 2.21. The van der Waals surface area contributed by atoms with Crippen molar-refractivity contribution < 1.29 is 14.3 Å². The maximum absolute atomic E-state index is 11.7. The van der Waals surface area contributed by atoms with Crippen molar-refractivity contribution in [1.82, 2.24) is 0 Å². The van der Waals surface area contributed by atoms with Crippen LogP contribution < -0.4 is 0 Å². The fourth-order valence-corrected chi connectivity index (χ4v) is 1.99. The van der Waals surface area contributed by atoms with E-state index in [2.05, 4.69) is 0 Å². The zero-order valence-electron chi connectivity index (χ0n) is 9.12. The predicted molar refractivity (Wildman–Crippen MR) is 54.3 cm³/mol. The van der Waals surface area contributed by atoms with Crippen LogP contribution in [0.4, 0.5) is 0 Å². The fraction of sp³-hybridized carbons (Fsp3) is 0.909. The van der Waals surface area contributed by atoms with Crippen LogP contribution in [0.5, 0.6) is 0 Å². The first-order valence-electron chi connectivity index (χ1n) is 5.42. The van der Waals surface area contributed by atoms with Gasteiger partial charge in [-0.15, -0.1) is 0 Å². The summed E-state index contributed by atoms with van der Waals surface area (Å²) in [5, 5.41) is 0. The van der Waals surface area contributed by atoms with E-state index < -0.39 is 0 Å². The van der Waals surface area contributed by atoms with Gasteiger partial charge >= 0.3 is 0 Å². The molecule has 0 radical (unpaired) electrons. The highest BCUT2D eigenvalue weighted by Crippen LogP contribution is 2.22. The number of ketones is 1. The lowest BCUT2D eigenvalue weighted by molar-refractivity contribution is -0.134. The summed E-state index contributed by atoms with van der Waals surface area (Å²) in [6, 6.07) is 0. The molecule has 82 valence electrons. The predicted octanol–water partition coefficient (Wildman–Crippen LogP) is 1.80. The summed E-state index contributed by atoms with van der Waals surface area (Å²) in [6.45, 7) is 3.56. The molecule has 3 nitrogen and oxygen atoms in total. The monoisotopic (exact) mass is 200 g/mol. The van der Waals surface area contributed by atoms with Crippen molar-refractivity contribution in [3.05, 3.63) is 0 Å². The Labute approximate surface area is 85.8 Å². The van der Waals surface area contributed by atoms with E-state index in [-0.39, 0.29) is 11.9 Å². The molecular formula is C11H20O3. The van der Waals surface area contributed by atoms with E-state index in [1.165, 1.54) is 0 Å². The van der Waals surface area contributed by atoms with Gasteiger partial charge in [-0.2, -0.15) is 0 Å². The largest absolute Gasteiger partial charge is 0.381 e. The SMILES string of the molecule is CCCC(=O)C(OC)C1CCOCC1. The third-order valence-corrected chi connectivity index (χ3v) is 2.76. The molecule has 1 heterocycles. The number of methoxy groups -OCH3 is 1. The molecule has 1 unspecified atom stereocenters. The number of Topliss-reactive ketones (excluding diaryl/α,β-unsaturated/α-hetero) is 1. The Morgan fingerprint density at radius 3 is 2.64 bits per heavy atom. The summed E-state index contributed by atoms with van der Waals surface area (Å²) in [5.41, 5.74) is 0. The Kier molecular flexibility index (Phi) is 5.12. The third-order valence-electron chi connectivity index (χ3n) is 2.76. The Morgan fingerprint density at radius 1 is 1.50 bits per heavy atom. The van der Waals surface area contributed by atoms with Crippen LogP contribution in [0.1, 0.15) is 32.6 Å². The Bertz CT molecular complexity index is 173. The summed E-state index contributed by atoms with van der Waals surface area (Å²) in [7, 11) is 1.63. The molecule has 1 fully saturated rings. The third kappa shape index (κ3) is 3.07. The van der Waals surface area contributed by atoms with Crippen LogP contribution >= 0.6 is 0 Å². The number of hydrogen-bond acceptors (Lipinski definition) is 3. The molecule has 0 aromatic heterocycles. The molecule has 1 saturated heterocycles. The van der Waals surface area contributed by atoms with Crippen molar-refractivity contribution in [3.8, 4) is 0 Å². The number of ether oxygens (including phenoxy) is 2. The van der Waals surface area contributed by atoms with Gasteiger partial charge in [0, 0.05) is 26.7 Å². The smallest absolute Gasteiger partial charge is 0.161 e. The van der Waals surface area contributed by atoms with Crippen LogP contribution in [-0.4, -0.2) is 32.2 Å². The van der Waals surface area contributed by atoms with Gasteiger partial charge in [0.25, 0.3) is 0 Å². The van der Waals surface area contributed by atoms with Crippen molar-refractivity contribution in [2.75, 3.05) is 20.3 Å².